The first-order valence-corrected chi connectivity index (χ1v) is 30.0. The Morgan fingerprint density at radius 1 is 0.577 bits per heavy atom. The molecule has 416 valence electrons. The van der Waals surface area contributed by atoms with E-state index in [1.165, 1.54) is 154 Å². The van der Waals surface area contributed by atoms with Crippen LogP contribution in [-0.4, -0.2) is 107 Å². The zero-order valence-corrected chi connectivity index (χ0v) is 45.5. The van der Waals surface area contributed by atoms with E-state index in [4.69, 9.17) is 9.47 Å². The molecular weight excluding hydrogens is 923 g/mol. The summed E-state index contributed by atoms with van der Waals surface area (Å²) in [5, 5.41) is 55.5. The molecule has 8 atom stereocenters. The minimum Gasteiger partial charge on any atom is -0.394 e. The minimum atomic E-state index is -5.13. The lowest BCUT2D eigenvalue weighted by Crippen LogP contribution is -2.61. The standard InChI is InChI=1S/C57H105NO12S/c1-3-5-7-9-11-13-15-17-19-21-23-25-26-28-30-32-34-36-38-40-42-44-46-51(61)56(64)58-49(48-68-57-54(63)55(70-71(65,66)67)53(62)52(47-59)69-57)50(60)45-43-41-39-37-35-33-31-29-27-24-22-20-18-16-14-12-10-8-6-4-2/h23,25,28,30,35,37,43,45,49-55,57,59-63H,3-22,24,26-27,29,31-34,36,38-42,44,46-48H2,1-2H3,(H,58,64)(H,65,66,67)/b25-23-,30-28-,37-35+,45-43+. The highest BCUT2D eigenvalue weighted by Crippen LogP contribution is 2.26. The van der Waals surface area contributed by atoms with Crippen LogP contribution < -0.4 is 5.32 Å². The van der Waals surface area contributed by atoms with E-state index in [0.717, 1.165) is 64.2 Å². The third kappa shape index (κ3) is 38.3. The fourth-order valence-electron chi connectivity index (χ4n) is 8.92. The molecule has 7 N–H and O–H groups in total. The van der Waals surface area contributed by atoms with E-state index in [0.29, 0.717) is 12.8 Å². The van der Waals surface area contributed by atoms with E-state index in [2.05, 4.69) is 59.8 Å². The SMILES string of the molecule is CCCCCCCCCCC/C=C\C/C=C\CCCCCCCCC(O)C(=O)NC(COC1OC(CO)C(O)C(OS(=O)(=O)O)C1O)C(O)/C=C/CC/C=C/CCCCCCCCCCCCCCCC. The minimum absolute atomic E-state index is 0.224. The normalized spacial score (nSPS) is 20.3. The molecule has 1 saturated heterocycles. The topological polar surface area (TPSA) is 212 Å². The summed E-state index contributed by atoms with van der Waals surface area (Å²) < 4.78 is 47.7. The molecule has 1 amide bonds. The molecule has 1 fully saturated rings. The van der Waals surface area contributed by atoms with Crippen LogP contribution in [0.15, 0.2) is 48.6 Å². The number of unbranched alkanes of at least 4 members (excludes halogenated alkanes) is 30. The number of hydrogen-bond acceptors (Lipinski definition) is 11. The van der Waals surface area contributed by atoms with Gasteiger partial charge in [0.1, 0.15) is 30.5 Å². The first kappa shape index (κ1) is 67.0. The van der Waals surface area contributed by atoms with Crippen LogP contribution in [0.2, 0.25) is 0 Å². The van der Waals surface area contributed by atoms with Crippen molar-refractivity contribution in [1.29, 1.82) is 0 Å². The van der Waals surface area contributed by atoms with Crippen LogP contribution in [0.25, 0.3) is 0 Å². The van der Waals surface area contributed by atoms with Gasteiger partial charge in [0.2, 0.25) is 5.91 Å². The van der Waals surface area contributed by atoms with Crippen LogP contribution in [0.3, 0.4) is 0 Å². The van der Waals surface area contributed by atoms with Crippen molar-refractivity contribution >= 4 is 16.3 Å². The Balaban J connectivity index is 2.48. The molecule has 1 aliphatic rings. The van der Waals surface area contributed by atoms with Crippen LogP contribution in [0.5, 0.6) is 0 Å². The van der Waals surface area contributed by atoms with Gasteiger partial charge in [-0.15, -0.1) is 0 Å². The molecule has 0 saturated carbocycles. The number of aliphatic hydroxyl groups is 5. The van der Waals surface area contributed by atoms with Crippen molar-refractivity contribution in [2.75, 3.05) is 13.2 Å². The van der Waals surface area contributed by atoms with Crippen molar-refractivity contribution in [1.82, 2.24) is 5.32 Å². The molecule has 0 aliphatic carbocycles. The molecule has 13 nitrogen and oxygen atoms in total. The van der Waals surface area contributed by atoms with E-state index in [1.54, 1.807) is 6.08 Å². The number of carbonyl (C=O) groups excluding carboxylic acids is 1. The Hall–Kier alpha value is -1.98. The molecule has 8 unspecified atom stereocenters. The first-order chi connectivity index (χ1) is 34.4. The molecule has 0 bridgehead atoms. The third-order valence-corrected chi connectivity index (χ3v) is 13.9. The van der Waals surface area contributed by atoms with Crippen LogP contribution in [0, 0.1) is 0 Å². The zero-order valence-electron chi connectivity index (χ0n) is 44.6. The fourth-order valence-corrected chi connectivity index (χ4v) is 9.43. The third-order valence-electron chi connectivity index (χ3n) is 13.4. The van der Waals surface area contributed by atoms with Gasteiger partial charge >= 0.3 is 10.4 Å². The molecule has 1 aliphatic heterocycles. The van der Waals surface area contributed by atoms with Gasteiger partial charge in [-0.05, 0) is 64.2 Å². The average molecular weight is 1030 g/mol. The van der Waals surface area contributed by atoms with Crippen LogP contribution in [0.1, 0.15) is 245 Å². The molecule has 0 aromatic rings. The molecule has 0 aromatic heterocycles. The monoisotopic (exact) mass is 1030 g/mol. The molecular formula is C57H105NO12S. The van der Waals surface area contributed by atoms with Crippen molar-refractivity contribution in [3.63, 3.8) is 0 Å². The van der Waals surface area contributed by atoms with Crippen LogP contribution in [-0.2, 0) is 28.9 Å². The van der Waals surface area contributed by atoms with E-state index < -0.39 is 78.5 Å². The molecule has 71 heavy (non-hydrogen) atoms. The number of hydrogen-bond donors (Lipinski definition) is 7. The van der Waals surface area contributed by atoms with E-state index in [9.17, 15) is 43.3 Å². The number of rotatable bonds is 49. The lowest BCUT2D eigenvalue weighted by atomic mass is 9.99. The van der Waals surface area contributed by atoms with Gasteiger partial charge in [0.15, 0.2) is 6.29 Å². The highest BCUT2D eigenvalue weighted by molar-refractivity contribution is 7.80. The van der Waals surface area contributed by atoms with Crippen LogP contribution in [0.4, 0.5) is 0 Å². The highest BCUT2D eigenvalue weighted by Gasteiger charge is 2.48. The quantitative estimate of drug-likeness (QED) is 0.0172. The van der Waals surface area contributed by atoms with Gasteiger partial charge in [-0.2, -0.15) is 8.42 Å². The number of amides is 1. The van der Waals surface area contributed by atoms with Crippen molar-refractivity contribution in [2.45, 2.75) is 294 Å². The summed E-state index contributed by atoms with van der Waals surface area (Å²) in [6.07, 6.45) is 47.6. The molecule has 1 rings (SSSR count). The molecule has 0 radical (unpaired) electrons. The van der Waals surface area contributed by atoms with Crippen molar-refractivity contribution in [2.24, 2.45) is 0 Å². The molecule has 0 aromatic carbocycles. The largest absolute Gasteiger partial charge is 0.397 e. The van der Waals surface area contributed by atoms with Crippen molar-refractivity contribution in [3.8, 4) is 0 Å². The van der Waals surface area contributed by atoms with Gasteiger partial charge in [0.25, 0.3) is 0 Å². The summed E-state index contributed by atoms with van der Waals surface area (Å²) in [5.41, 5.74) is 0. The summed E-state index contributed by atoms with van der Waals surface area (Å²) in [6.45, 7) is 3.23. The lowest BCUT2D eigenvalue weighted by Gasteiger charge is -2.41. The molecule has 0 spiro atoms. The van der Waals surface area contributed by atoms with Gasteiger partial charge in [0, 0.05) is 0 Å². The van der Waals surface area contributed by atoms with Gasteiger partial charge in [-0.25, -0.2) is 4.18 Å². The predicted octanol–water partition coefficient (Wildman–Crippen LogP) is 12.1. The van der Waals surface area contributed by atoms with Gasteiger partial charge in [0.05, 0.1) is 25.4 Å². The Labute approximate surface area is 432 Å². The van der Waals surface area contributed by atoms with E-state index in [1.807, 2.05) is 0 Å². The van der Waals surface area contributed by atoms with Crippen LogP contribution >= 0.6 is 0 Å². The average Bonchev–Trinajstić information content (AvgIpc) is 3.35. The maximum Gasteiger partial charge on any atom is 0.397 e. The Bertz CT molecular complexity index is 1460. The van der Waals surface area contributed by atoms with Gasteiger partial charge in [-0.3, -0.25) is 9.35 Å². The maximum absolute atomic E-state index is 13.2. The fraction of sp³-hybridized carbons (Fsp3) is 0.842. The summed E-state index contributed by atoms with van der Waals surface area (Å²) in [7, 11) is -5.13. The summed E-state index contributed by atoms with van der Waals surface area (Å²) in [4.78, 5) is 13.2. The number of aliphatic hydroxyl groups excluding tert-OH is 5. The molecule has 1 heterocycles. The Morgan fingerprint density at radius 3 is 1.44 bits per heavy atom. The van der Waals surface area contributed by atoms with E-state index in [-0.39, 0.29) is 6.42 Å². The summed E-state index contributed by atoms with van der Waals surface area (Å²) in [6, 6.07) is -1.14. The number of ether oxygens (including phenoxy) is 2. The zero-order chi connectivity index (χ0) is 52.1. The highest BCUT2D eigenvalue weighted by atomic mass is 32.3. The lowest BCUT2D eigenvalue weighted by molar-refractivity contribution is -0.298. The Morgan fingerprint density at radius 2 is 0.986 bits per heavy atom. The number of nitrogens with one attached hydrogen (secondary N) is 1. The smallest absolute Gasteiger partial charge is 0.394 e. The van der Waals surface area contributed by atoms with Gasteiger partial charge < -0.3 is 40.3 Å². The van der Waals surface area contributed by atoms with Crippen molar-refractivity contribution < 1.29 is 57.0 Å². The second-order valence-corrected chi connectivity index (χ2v) is 21.1. The van der Waals surface area contributed by atoms with Gasteiger partial charge in [-0.1, -0.05) is 229 Å². The predicted molar refractivity (Wildman–Crippen MR) is 288 cm³/mol. The molecule has 14 heteroatoms. The first-order valence-electron chi connectivity index (χ1n) is 28.6. The second-order valence-electron chi connectivity index (χ2n) is 20.0. The number of allylic oxidation sites excluding steroid dienone is 7. The van der Waals surface area contributed by atoms with E-state index >= 15 is 0 Å². The number of carbonyl (C=O) groups is 1. The second kappa shape index (κ2) is 46.5. The summed E-state index contributed by atoms with van der Waals surface area (Å²) >= 11 is 0. The maximum atomic E-state index is 13.2. The summed E-state index contributed by atoms with van der Waals surface area (Å²) in [5.74, 6) is -0.719. The Kier molecular flexibility index (Phi) is 43.9. The van der Waals surface area contributed by atoms with Crippen molar-refractivity contribution in [3.05, 3.63) is 48.6 Å².